The fourth-order valence-electron chi connectivity index (χ4n) is 4.59. The van der Waals surface area contributed by atoms with E-state index in [-0.39, 0.29) is 17.5 Å². The van der Waals surface area contributed by atoms with E-state index in [1.165, 1.54) is 0 Å². The Balaban J connectivity index is 1.37. The maximum absolute atomic E-state index is 12.9. The average Bonchev–Trinajstić information content (AvgIpc) is 3.11. The molecule has 0 aliphatic carbocycles. The first kappa shape index (κ1) is 20.6. The Labute approximate surface area is 185 Å². The molecule has 3 N–H and O–H groups in total. The van der Waals surface area contributed by atoms with Gasteiger partial charge in [0.15, 0.2) is 0 Å². The number of aliphatic hydroxyl groups excluding tert-OH is 2. The number of hydrogen-bond acceptors (Lipinski definition) is 5. The van der Waals surface area contributed by atoms with Gasteiger partial charge in [0.25, 0.3) is 11.5 Å². The SMILES string of the molecule is O=C1c2ccc(-c3ccn(Cc4ccccc4)c(=O)c3)cc2CN1C1CCC(O)NC1O. The minimum absolute atomic E-state index is 0.0838. The number of hydrogen-bond donors (Lipinski definition) is 3. The van der Waals surface area contributed by atoms with E-state index in [1.807, 2.05) is 48.5 Å². The molecule has 7 heteroatoms. The fraction of sp³-hybridized carbons (Fsp3) is 0.280. The average molecular weight is 431 g/mol. The molecule has 2 aliphatic heterocycles. The van der Waals surface area contributed by atoms with Gasteiger partial charge in [0.05, 0.1) is 12.6 Å². The first-order chi connectivity index (χ1) is 15.5. The molecule has 2 aliphatic rings. The van der Waals surface area contributed by atoms with Crippen LogP contribution in [0.15, 0.2) is 71.7 Å². The normalized spacial score (nSPS) is 22.8. The number of nitrogens with zero attached hydrogens (tertiary/aromatic N) is 2. The maximum atomic E-state index is 12.9. The van der Waals surface area contributed by atoms with Gasteiger partial charge in [-0.2, -0.15) is 0 Å². The Morgan fingerprint density at radius 2 is 1.72 bits per heavy atom. The topological polar surface area (TPSA) is 94.8 Å². The van der Waals surface area contributed by atoms with Gasteiger partial charge in [-0.15, -0.1) is 0 Å². The predicted octanol–water partition coefficient (Wildman–Crippen LogP) is 1.91. The van der Waals surface area contributed by atoms with Crippen LogP contribution in [0.4, 0.5) is 0 Å². The number of piperidine rings is 1. The molecule has 32 heavy (non-hydrogen) atoms. The van der Waals surface area contributed by atoms with E-state index in [1.54, 1.807) is 27.8 Å². The van der Waals surface area contributed by atoms with Gasteiger partial charge in [-0.05, 0) is 53.3 Å². The van der Waals surface area contributed by atoms with Crippen molar-refractivity contribution in [3.63, 3.8) is 0 Å². The molecule has 3 heterocycles. The molecule has 1 aromatic heterocycles. The highest BCUT2D eigenvalue weighted by molar-refractivity contribution is 5.99. The minimum atomic E-state index is -0.964. The summed E-state index contributed by atoms with van der Waals surface area (Å²) in [6, 6.07) is 18.6. The lowest BCUT2D eigenvalue weighted by molar-refractivity contribution is -0.0477. The minimum Gasteiger partial charge on any atom is -0.379 e. The van der Waals surface area contributed by atoms with Crippen molar-refractivity contribution >= 4 is 5.91 Å². The molecule has 0 saturated carbocycles. The molecule has 0 radical (unpaired) electrons. The first-order valence-electron chi connectivity index (χ1n) is 10.8. The van der Waals surface area contributed by atoms with Crippen molar-refractivity contribution in [2.24, 2.45) is 0 Å². The van der Waals surface area contributed by atoms with Gasteiger partial charge in [0, 0.05) is 24.4 Å². The summed E-state index contributed by atoms with van der Waals surface area (Å²) in [5.41, 5.74) is 4.14. The summed E-state index contributed by atoms with van der Waals surface area (Å²) in [5.74, 6) is -0.118. The maximum Gasteiger partial charge on any atom is 0.254 e. The Hall–Kier alpha value is -3.26. The van der Waals surface area contributed by atoms with Crippen LogP contribution in [-0.2, 0) is 13.1 Å². The summed E-state index contributed by atoms with van der Waals surface area (Å²) >= 11 is 0. The predicted molar refractivity (Wildman–Crippen MR) is 120 cm³/mol. The highest BCUT2D eigenvalue weighted by Crippen LogP contribution is 2.31. The van der Waals surface area contributed by atoms with E-state index in [9.17, 15) is 19.8 Å². The highest BCUT2D eigenvalue weighted by atomic mass is 16.3. The van der Waals surface area contributed by atoms with Crippen LogP contribution >= 0.6 is 0 Å². The second kappa shape index (κ2) is 8.35. The standard InChI is InChI=1S/C25H25N3O4/c29-22-9-8-21(24(31)26-22)28-15-19-12-17(6-7-20(19)25(28)32)18-10-11-27(23(30)13-18)14-16-4-2-1-3-5-16/h1-7,10-13,21-22,24,26,29,31H,8-9,14-15H2. The number of aromatic nitrogens is 1. The van der Waals surface area contributed by atoms with Crippen molar-refractivity contribution in [1.29, 1.82) is 0 Å². The number of nitrogens with one attached hydrogen (secondary N) is 1. The second-order valence-electron chi connectivity index (χ2n) is 8.44. The number of amides is 1. The van der Waals surface area contributed by atoms with Crippen molar-refractivity contribution < 1.29 is 15.0 Å². The van der Waals surface area contributed by atoms with Crippen LogP contribution in [0.3, 0.4) is 0 Å². The molecular weight excluding hydrogens is 406 g/mol. The van der Waals surface area contributed by atoms with E-state index in [0.29, 0.717) is 31.5 Å². The molecule has 164 valence electrons. The molecule has 0 spiro atoms. The van der Waals surface area contributed by atoms with Gasteiger partial charge in [0.2, 0.25) is 0 Å². The lowest BCUT2D eigenvalue weighted by atomic mass is 10.0. The first-order valence-corrected chi connectivity index (χ1v) is 10.8. The molecule has 5 rings (SSSR count). The van der Waals surface area contributed by atoms with Gasteiger partial charge in [-0.1, -0.05) is 36.4 Å². The molecule has 7 nitrogen and oxygen atoms in total. The molecule has 3 unspecified atom stereocenters. The molecule has 1 fully saturated rings. The molecule has 2 aromatic carbocycles. The summed E-state index contributed by atoms with van der Waals surface area (Å²) in [6.07, 6.45) is 1.09. The zero-order chi connectivity index (χ0) is 22.2. The van der Waals surface area contributed by atoms with Crippen molar-refractivity contribution in [1.82, 2.24) is 14.8 Å². The number of benzene rings is 2. The van der Waals surface area contributed by atoms with Gasteiger partial charge in [-0.3, -0.25) is 14.9 Å². The smallest absolute Gasteiger partial charge is 0.254 e. The Kier molecular flexibility index (Phi) is 5.38. The number of aliphatic hydroxyl groups is 2. The van der Waals surface area contributed by atoms with E-state index in [0.717, 1.165) is 22.3 Å². The van der Waals surface area contributed by atoms with Crippen molar-refractivity contribution in [3.8, 4) is 11.1 Å². The van der Waals surface area contributed by atoms with Crippen molar-refractivity contribution in [3.05, 3.63) is 93.9 Å². The molecule has 1 saturated heterocycles. The summed E-state index contributed by atoms with van der Waals surface area (Å²) in [4.78, 5) is 27.2. The van der Waals surface area contributed by atoms with E-state index < -0.39 is 12.5 Å². The van der Waals surface area contributed by atoms with Crippen LogP contribution in [-0.4, -0.2) is 44.1 Å². The molecule has 0 bridgehead atoms. The number of carbonyl (C=O) groups excluding carboxylic acids is 1. The molecule has 3 aromatic rings. The van der Waals surface area contributed by atoms with Crippen LogP contribution < -0.4 is 10.9 Å². The van der Waals surface area contributed by atoms with E-state index in [4.69, 9.17) is 0 Å². The van der Waals surface area contributed by atoms with Gasteiger partial charge in [0.1, 0.15) is 12.5 Å². The Morgan fingerprint density at radius 1 is 0.938 bits per heavy atom. The van der Waals surface area contributed by atoms with Gasteiger partial charge < -0.3 is 19.7 Å². The van der Waals surface area contributed by atoms with Crippen molar-refractivity contribution in [2.45, 2.75) is 44.4 Å². The van der Waals surface area contributed by atoms with Crippen LogP contribution in [0.2, 0.25) is 0 Å². The van der Waals surface area contributed by atoms with Gasteiger partial charge >= 0.3 is 0 Å². The van der Waals surface area contributed by atoms with E-state index >= 15 is 0 Å². The second-order valence-corrected chi connectivity index (χ2v) is 8.44. The van der Waals surface area contributed by atoms with Crippen LogP contribution in [0, 0.1) is 0 Å². The van der Waals surface area contributed by atoms with E-state index in [2.05, 4.69) is 5.32 Å². The number of fused-ring (bicyclic) bond motifs is 1. The third kappa shape index (κ3) is 3.86. The third-order valence-corrected chi connectivity index (χ3v) is 6.33. The molecule has 1 amide bonds. The summed E-state index contributed by atoms with van der Waals surface area (Å²) in [7, 11) is 0. The van der Waals surface area contributed by atoms with Crippen LogP contribution in [0.5, 0.6) is 0 Å². The number of rotatable bonds is 4. The quantitative estimate of drug-likeness (QED) is 0.587. The number of pyridine rings is 1. The third-order valence-electron chi connectivity index (χ3n) is 6.33. The van der Waals surface area contributed by atoms with Crippen LogP contribution in [0.25, 0.3) is 11.1 Å². The lowest BCUT2D eigenvalue weighted by Crippen LogP contribution is -2.56. The monoisotopic (exact) mass is 431 g/mol. The Morgan fingerprint density at radius 3 is 2.47 bits per heavy atom. The summed E-state index contributed by atoms with van der Waals surface area (Å²) in [5, 5.41) is 22.7. The van der Waals surface area contributed by atoms with Crippen molar-refractivity contribution in [2.75, 3.05) is 0 Å². The molecule has 3 atom stereocenters. The summed E-state index contributed by atoms with van der Waals surface area (Å²) in [6.45, 7) is 0.909. The zero-order valence-electron chi connectivity index (χ0n) is 17.5. The lowest BCUT2D eigenvalue weighted by Gasteiger charge is -2.37. The zero-order valence-corrected chi connectivity index (χ0v) is 17.5. The Bertz CT molecular complexity index is 1210. The fourth-order valence-corrected chi connectivity index (χ4v) is 4.59. The molecular formula is C25H25N3O4. The highest BCUT2D eigenvalue weighted by Gasteiger charge is 2.38. The number of carbonyl (C=O) groups is 1. The van der Waals surface area contributed by atoms with Crippen LogP contribution in [0.1, 0.15) is 34.3 Å². The van der Waals surface area contributed by atoms with Gasteiger partial charge in [-0.25, -0.2) is 0 Å². The largest absolute Gasteiger partial charge is 0.379 e. The summed E-state index contributed by atoms with van der Waals surface area (Å²) < 4.78 is 1.67.